The fourth-order valence-electron chi connectivity index (χ4n) is 1.72. The van der Waals surface area contributed by atoms with Gasteiger partial charge in [0, 0.05) is 11.5 Å². The maximum Gasteiger partial charge on any atom is 0.157 e. The molecule has 96 valence electrons. The Kier molecular flexibility index (Phi) is 5.73. The van der Waals surface area contributed by atoms with Crippen molar-refractivity contribution in [3.05, 3.63) is 0 Å². The highest BCUT2D eigenvalue weighted by molar-refractivity contribution is 4.71. The van der Waals surface area contributed by atoms with Crippen LogP contribution >= 0.6 is 0 Å². The zero-order chi connectivity index (χ0) is 12.0. The first-order chi connectivity index (χ1) is 7.49. The van der Waals surface area contributed by atoms with Gasteiger partial charge in [0.1, 0.15) is 0 Å². The van der Waals surface area contributed by atoms with Gasteiger partial charge in [0.15, 0.2) is 6.29 Å². The summed E-state index contributed by atoms with van der Waals surface area (Å²) in [5, 5.41) is 3.41. The number of hydrogen-bond donors (Lipinski definition) is 1. The van der Waals surface area contributed by atoms with Gasteiger partial charge in [0.25, 0.3) is 0 Å². The number of unbranched alkanes of at least 4 members (excludes halogenated alkanes) is 1. The summed E-state index contributed by atoms with van der Waals surface area (Å²) in [6.07, 6.45) is 3.43. The summed E-state index contributed by atoms with van der Waals surface area (Å²) in [5.41, 5.74) is 0.190. The minimum absolute atomic E-state index is 0.0343. The highest BCUT2D eigenvalue weighted by atomic mass is 16.7. The highest BCUT2D eigenvalue weighted by Gasteiger charge is 2.27. The van der Waals surface area contributed by atoms with Crippen LogP contribution in [0.15, 0.2) is 0 Å². The van der Waals surface area contributed by atoms with Crippen molar-refractivity contribution in [2.75, 3.05) is 19.8 Å². The number of rotatable bonds is 6. The number of nitrogens with one attached hydrogen (secondary N) is 1. The minimum Gasteiger partial charge on any atom is -0.352 e. The van der Waals surface area contributed by atoms with E-state index >= 15 is 0 Å². The summed E-state index contributed by atoms with van der Waals surface area (Å²) in [7, 11) is 0. The molecule has 0 radical (unpaired) electrons. The Morgan fingerprint density at radius 1 is 1.19 bits per heavy atom. The van der Waals surface area contributed by atoms with Crippen LogP contribution in [0.25, 0.3) is 0 Å². The highest BCUT2D eigenvalue weighted by Crippen LogP contribution is 2.24. The molecule has 0 amide bonds. The van der Waals surface area contributed by atoms with Crippen molar-refractivity contribution in [3.8, 4) is 0 Å². The summed E-state index contributed by atoms with van der Waals surface area (Å²) in [6.45, 7) is 11.4. The first kappa shape index (κ1) is 13.9. The molecule has 0 spiro atoms. The quantitative estimate of drug-likeness (QED) is 0.710. The van der Waals surface area contributed by atoms with E-state index in [0.29, 0.717) is 6.04 Å². The molecule has 0 aromatic rings. The number of hydrogen-bond acceptors (Lipinski definition) is 3. The number of ether oxygens (including phenoxy) is 2. The third kappa shape index (κ3) is 5.83. The summed E-state index contributed by atoms with van der Waals surface area (Å²) in [6, 6.07) is 0.586. The fraction of sp³-hybridized carbons (Fsp3) is 1.00. The Hall–Kier alpha value is -0.120. The average Bonchev–Trinajstić information content (AvgIpc) is 2.19. The van der Waals surface area contributed by atoms with Crippen LogP contribution in [0.5, 0.6) is 0 Å². The first-order valence-electron chi connectivity index (χ1n) is 6.46. The third-order valence-electron chi connectivity index (χ3n) is 2.74. The molecule has 1 aliphatic heterocycles. The molecular formula is C13H27NO2. The van der Waals surface area contributed by atoms with Crippen LogP contribution in [0, 0.1) is 5.41 Å². The van der Waals surface area contributed by atoms with Gasteiger partial charge < -0.3 is 14.8 Å². The van der Waals surface area contributed by atoms with Crippen molar-refractivity contribution >= 4 is 0 Å². The van der Waals surface area contributed by atoms with Gasteiger partial charge >= 0.3 is 0 Å². The van der Waals surface area contributed by atoms with E-state index in [1.165, 1.54) is 12.8 Å². The molecule has 0 unspecified atom stereocenters. The van der Waals surface area contributed by atoms with Gasteiger partial charge in [-0.2, -0.15) is 0 Å². The molecule has 1 rings (SSSR count). The molecule has 0 bridgehead atoms. The van der Waals surface area contributed by atoms with Crippen molar-refractivity contribution in [3.63, 3.8) is 0 Å². The van der Waals surface area contributed by atoms with E-state index in [-0.39, 0.29) is 11.7 Å². The van der Waals surface area contributed by atoms with E-state index in [9.17, 15) is 0 Å². The van der Waals surface area contributed by atoms with Gasteiger partial charge in [0.05, 0.1) is 13.2 Å². The van der Waals surface area contributed by atoms with Crippen molar-refractivity contribution in [1.29, 1.82) is 0 Å². The van der Waals surface area contributed by atoms with Gasteiger partial charge in [-0.05, 0) is 25.8 Å². The lowest BCUT2D eigenvalue weighted by molar-refractivity contribution is -0.224. The summed E-state index contributed by atoms with van der Waals surface area (Å²) < 4.78 is 11.4. The summed E-state index contributed by atoms with van der Waals surface area (Å²) in [4.78, 5) is 0. The lowest BCUT2D eigenvalue weighted by Gasteiger charge is -2.34. The van der Waals surface area contributed by atoms with Gasteiger partial charge in [-0.1, -0.05) is 27.7 Å². The van der Waals surface area contributed by atoms with Gasteiger partial charge in [-0.15, -0.1) is 0 Å². The zero-order valence-corrected chi connectivity index (χ0v) is 11.2. The molecule has 0 saturated carbocycles. The molecule has 1 N–H and O–H groups in total. The SMILES string of the molecule is CC(C)NCCCCC1OCC(C)(C)CO1. The largest absolute Gasteiger partial charge is 0.352 e. The van der Waals surface area contributed by atoms with Gasteiger partial charge in [-0.25, -0.2) is 0 Å². The van der Waals surface area contributed by atoms with Crippen LogP contribution in [0.2, 0.25) is 0 Å². The van der Waals surface area contributed by atoms with Gasteiger partial charge in [-0.3, -0.25) is 0 Å². The van der Waals surface area contributed by atoms with Crippen molar-refractivity contribution in [2.24, 2.45) is 5.41 Å². The predicted octanol–water partition coefficient (Wildman–Crippen LogP) is 2.55. The normalized spacial score (nSPS) is 21.6. The molecule has 0 aromatic carbocycles. The predicted molar refractivity (Wildman–Crippen MR) is 66.5 cm³/mol. The topological polar surface area (TPSA) is 30.5 Å². The molecule has 0 atom stereocenters. The van der Waals surface area contributed by atoms with Crippen molar-refractivity contribution in [1.82, 2.24) is 5.32 Å². The van der Waals surface area contributed by atoms with E-state index in [0.717, 1.165) is 26.2 Å². The standard InChI is InChI=1S/C13H27NO2/c1-11(2)14-8-6-5-7-12-15-9-13(3,4)10-16-12/h11-12,14H,5-10H2,1-4H3. The molecule has 0 aliphatic carbocycles. The minimum atomic E-state index is 0.0343. The Bertz CT molecular complexity index is 182. The van der Waals surface area contributed by atoms with Crippen LogP contribution in [-0.4, -0.2) is 32.1 Å². The van der Waals surface area contributed by atoms with E-state index in [2.05, 4.69) is 33.0 Å². The molecule has 3 nitrogen and oxygen atoms in total. The summed E-state index contributed by atoms with van der Waals surface area (Å²) in [5.74, 6) is 0. The van der Waals surface area contributed by atoms with Crippen molar-refractivity contribution in [2.45, 2.75) is 59.3 Å². The van der Waals surface area contributed by atoms with Crippen LogP contribution in [0.4, 0.5) is 0 Å². The molecule has 3 heteroatoms. The van der Waals surface area contributed by atoms with E-state index in [1.807, 2.05) is 0 Å². The van der Waals surface area contributed by atoms with Crippen LogP contribution in [-0.2, 0) is 9.47 Å². The van der Waals surface area contributed by atoms with E-state index in [1.54, 1.807) is 0 Å². The lowest BCUT2D eigenvalue weighted by atomic mass is 9.95. The second-order valence-electron chi connectivity index (χ2n) is 5.82. The molecule has 16 heavy (non-hydrogen) atoms. The third-order valence-corrected chi connectivity index (χ3v) is 2.74. The summed E-state index contributed by atoms with van der Waals surface area (Å²) >= 11 is 0. The molecule has 1 fully saturated rings. The first-order valence-corrected chi connectivity index (χ1v) is 6.46. The Labute approximate surface area is 99.9 Å². The molecule has 0 aromatic heterocycles. The Morgan fingerprint density at radius 2 is 1.81 bits per heavy atom. The second-order valence-corrected chi connectivity index (χ2v) is 5.82. The maximum atomic E-state index is 5.68. The van der Waals surface area contributed by atoms with Crippen LogP contribution < -0.4 is 5.32 Å². The maximum absolute atomic E-state index is 5.68. The van der Waals surface area contributed by atoms with Crippen molar-refractivity contribution < 1.29 is 9.47 Å². The fourth-order valence-corrected chi connectivity index (χ4v) is 1.72. The van der Waals surface area contributed by atoms with Crippen LogP contribution in [0.1, 0.15) is 47.0 Å². The molecular weight excluding hydrogens is 202 g/mol. The van der Waals surface area contributed by atoms with Crippen LogP contribution in [0.3, 0.4) is 0 Å². The Morgan fingerprint density at radius 3 is 2.38 bits per heavy atom. The molecule has 1 aliphatic rings. The molecule has 1 heterocycles. The lowest BCUT2D eigenvalue weighted by Crippen LogP contribution is -2.37. The Balaban J connectivity index is 1.98. The molecule has 1 saturated heterocycles. The van der Waals surface area contributed by atoms with Gasteiger partial charge in [0.2, 0.25) is 0 Å². The monoisotopic (exact) mass is 229 g/mol. The van der Waals surface area contributed by atoms with E-state index < -0.39 is 0 Å². The zero-order valence-electron chi connectivity index (χ0n) is 11.2. The average molecular weight is 229 g/mol. The second kappa shape index (κ2) is 6.58. The van der Waals surface area contributed by atoms with E-state index in [4.69, 9.17) is 9.47 Å². The smallest absolute Gasteiger partial charge is 0.157 e.